The number of oxazole rings is 1. The lowest BCUT2D eigenvalue weighted by Crippen LogP contribution is -2.29. The molecule has 0 saturated carbocycles. The van der Waals surface area contributed by atoms with Crippen LogP contribution in [-0.4, -0.2) is 10.9 Å². The Bertz CT molecular complexity index is 317. The molecule has 0 aromatic carbocycles. The lowest BCUT2D eigenvalue weighted by molar-refractivity contribution is -0.121. The van der Waals surface area contributed by atoms with Gasteiger partial charge < -0.3 is 9.73 Å². The Morgan fingerprint density at radius 3 is 3.25 bits per heavy atom. The molecule has 4 heteroatoms. The second kappa shape index (κ2) is 2.62. The van der Waals surface area contributed by atoms with E-state index in [1.54, 1.807) is 0 Å². The molecule has 0 spiro atoms. The van der Waals surface area contributed by atoms with Crippen LogP contribution < -0.4 is 5.32 Å². The highest BCUT2D eigenvalue weighted by molar-refractivity contribution is 5.79. The van der Waals surface area contributed by atoms with E-state index < -0.39 is 0 Å². The predicted molar refractivity (Wildman–Crippen MR) is 41.4 cm³/mol. The molecule has 64 valence electrons. The molecule has 0 saturated heterocycles. The molecule has 2 heterocycles. The molecule has 0 unspecified atom stereocenters. The van der Waals surface area contributed by atoms with Crippen LogP contribution in [0, 0.1) is 0 Å². The van der Waals surface area contributed by atoms with Crippen LogP contribution in [0.3, 0.4) is 0 Å². The van der Waals surface area contributed by atoms with Crippen LogP contribution in [0.5, 0.6) is 0 Å². The van der Waals surface area contributed by atoms with Crippen LogP contribution in [0.1, 0.15) is 24.3 Å². The first-order chi connectivity index (χ1) is 5.79. The first-order valence-corrected chi connectivity index (χ1v) is 4.03. The van der Waals surface area contributed by atoms with E-state index >= 15 is 0 Å². The van der Waals surface area contributed by atoms with Crippen LogP contribution in [-0.2, 0) is 24.2 Å². The fourth-order valence-electron chi connectivity index (χ4n) is 1.25. The van der Waals surface area contributed by atoms with Crippen molar-refractivity contribution < 1.29 is 9.21 Å². The largest absolute Gasteiger partial charge is 0.445 e. The lowest BCUT2D eigenvalue weighted by Gasteiger charge is -2.08. The van der Waals surface area contributed by atoms with E-state index in [0.717, 1.165) is 23.8 Å². The van der Waals surface area contributed by atoms with Crippen molar-refractivity contribution in [1.82, 2.24) is 10.3 Å². The Kier molecular flexibility index (Phi) is 1.60. The zero-order valence-corrected chi connectivity index (χ0v) is 6.89. The highest BCUT2D eigenvalue weighted by Crippen LogP contribution is 2.15. The van der Waals surface area contributed by atoms with Gasteiger partial charge in [-0.15, -0.1) is 0 Å². The normalized spacial score (nSPS) is 15.6. The van der Waals surface area contributed by atoms with Gasteiger partial charge in [-0.05, 0) is 0 Å². The summed E-state index contributed by atoms with van der Waals surface area (Å²) in [6.07, 6.45) is 1.11. The molecular formula is C8H10N2O2. The van der Waals surface area contributed by atoms with E-state index in [1.807, 2.05) is 6.92 Å². The average molecular weight is 166 g/mol. The van der Waals surface area contributed by atoms with E-state index in [0.29, 0.717) is 13.0 Å². The van der Waals surface area contributed by atoms with Crippen LogP contribution in [0.2, 0.25) is 0 Å². The highest BCUT2D eigenvalue weighted by Gasteiger charge is 2.20. The third-order valence-corrected chi connectivity index (χ3v) is 1.90. The quantitative estimate of drug-likeness (QED) is 0.657. The van der Waals surface area contributed by atoms with Crippen LogP contribution in [0.15, 0.2) is 4.42 Å². The Labute approximate surface area is 70.0 Å². The molecule has 1 aromatic heterocycles. The Hall–Kier alpha value is -1.32. The first-order valence-electron chi connectivity index (χ1n) is 4.03. The smallest absolute Gasteiger partial charge is 0.228 e. The van der Waals surface area contributed by atoms with Gasteiger partial charge in [0, 0.05) is 6.42 Å². The van der Waals surface area contributed by atoms with Gasteiger partial charge in [-0.3, -0.25) is 4.79 Å². The van der Waals surface area contributed by atoms with Gasteiger partial charge in [0.25, 0.3) is 0 Å². The number of hydrogen-bond acceptors (Lipinski definition) is 3. The second-order valence-electron chi connectivity index (χ2n) is 2.78. The minimum absolute atomic E-state index is 0.0151. The molecular weight excluding hydrogens is 156 g/mol. The number of hydrogen-bond donors (Lipinski definition) is 1. The molecule has 2 rings (SSSR count). The van der Waals surface area contributed by atoms with Gasteiger partial charge in [-0.1, -0.05) is 6.92 Å². The molecule has 0 fully saturated rings. The zero-order chi connectivity index (χ0) is 8.55. The molecule has 0 aliphatic carbocycles. The van der Waals surface area contributed by atoms with E-state index in [9.17, 15) is 4.79 Å². The number of aryl methyl sites for hydroxylation is 1. The topological polar surface area (TPSA) is 55.1 Å². The van der Waals surface area contributed by atoms with E-state index in [-0.39, 0.29) is 5.91 Å². The second-order valence-corrected chi connectivity index (χ2v) is 2.78. The maximum Gasteiger partial charge on any atom is 0.228 e. The maximum atomic E-state index is 10.9. The van der Waals surface area contributed by atoms with Crippen molar-refractivity contribution >= 4 is 5.91 Å². The summed E-state index contributed by atoms with van der Waals surface area (Å²) >= 11 is 0. The van der Waals surface area contributed by atoms with Gasteiger partial charge in [0.2, 0.25) is 5.91 Å². The van der Waals surface area contributed by atoms with Crippen molar-refractivity contribution in [3.05, 3.63) is 17.3 Å². The van der Waals surface area contributed by atoms with Gasteiger partial charge in [-0.2, -0.15) is 0 Å². The van der Waals surface area contributed by atoms with Crippen molar-refractivity contribution in [3.8, 4) is 0 Å². The first kappa shape index (κ1) is 7.34. The molecule has 1 aliphatic heterocycles. The summed E-state index contributed by atoms with van der Waals surface area (Å²) in [4.78, 5) is 15.1. The molecule has 1 aromatic rings. The molecule has 1 amide bonds. The zero-order valence-electron chi connectivity index (χ0n) is 6.89. The number of rotatable bonds is 1. The van der Waals surface area contributed by atoms with Gasteiger partial charge in [0.15, 0.2) is 5.89 Å². The van der Waals surface area contributed by atoms with Crippen molar-refractivity contribution in [2.75, 3.05) is 0 Å². The summed E-state index contributed by atoms with van der Waals surface area (Å²) in [7, 11) is 0. The summed E-state index contributed by atoms with van der Waals surface area (Å²) in [5, 5.41) is 2.71. The molecule has 1 N–H and O–H groups in total. The van der Waals surface area contributed by atoms with Crippen LogP contribution in [0.25, 0.3) is 0 Å². The van der Waals surface area contributed by atoms with E-state index in [2.05, 4.69) is 10.3 Å². The van der Waals surface area contributed by atoms with Crippen molar-refractivity contribution in [1.29, 1.82) is 0 Å². The number of amides is 1. The highest BCUT2D eigenvalue weighted by atomic mass is 16.4. The van der Waals surface area contributed by atoms with Crippen LogP contribution in [0.4, 0.5) is 0 Å². The monoisotopic (exact) mass is 166 g/mol. The SMILES string of the molecule is CCc1nc2c(o1)CC(=O)NC2. The van der Waals surface area contributed by atoms with Crippen LogP contribution >= 0.6 is 0 Å². The van der Waals surface area contributed by atoms with Gasteiger partial charge >= 0.3 is 0 Å². The summed E-state index contributed by atoms with van der Waals surface area (Å²) in [6, 6.07) is 0. The Balaban J connectivity index is 2.34. The Morgan fingerprint density at radius 1 is 1.67 bits per heavy atom. The minimum atomic E-state index is 0.0151. The summed E-state index contributed by atoms with van der Waals surface area (Å²) in [6.45, 7) is 2.49. The van der Waals surface area contributed by atoms with Gasteiger partial charge in [-0.25, -0.2) is 4.98 Å². The van der Waals surface area contributed by atoms with E-state index in [4.69, 9.17) is 4.42 Å². The number of carbonyl (C=O) groups excluding carboxylic acids is 1. The van der Waals surface area contributed by atoms with Gasteiger partial charge in [0.05, 0.1) is 13.0 Å². The Morgan fingerprint density at radius 2 is 2.50 bits per heavy atom. The minimum Gasteiger partial charge on any atom is -0.445 e. The summed E-state index contributed by atoms with van der Waals surface area (Å²) in [5.41, 5.74) is 0.881. The molecule has 0 bridgehead atoms. The van der Waals surface area contributed by atoms with Crippen molar-refractivity contribution in [2.45, 2.75) is 26.3 Å². The maximum absolute atomic E-state index is 10.9. The van der Waals surface area contributed by atoms with E-state index in [1.165, 1.54) is 0 Å². The number of nitrogens with zero attached hydrogens (tertiary/aromatic N) is 1. The fourth-order valence-corrected chi connectivity index (χ4v) is 1.25. The lowest BCUT2D eigenvalue weighted by atomic mass is 10.2. The van der Waals surface area contributed by atoms with Crippen molar-refractivity contribution in [2.24, 2.45) is 0 Å². The third kappa shape index (κ3) is 1.09. The molecule has 0 atom stereocenters. The third-order valence-electron chi connectivity index (χ3n) is 1.90. The standard InChI is InChI=1S/C8H10N2O2/c1-2-8-10-5-4-9-7(11)3-6(5)12-8/h2-4H2,1H3,(H,9,11). The number of aromatic nitrogens is 1. The molecule has 0 radical (unpaired) electrons. The average Bonchev–Trinajstić information content (AvgIpc) is 2.46. The number of nitrogens with one attached hydrogen (secondary N) is 1. The number of carbonyl (C=O) groups is 1. The van der Waals surface area contributed by atoms with Crippen molar-refractivity contribution in [3.63, 3.8) is 0 Å². The summed E-state index contributed by atoms with van der Waals surface area (Å²) in [5.74, 6) is 1.47. The van der Waals surface area contributed by atoms with Gasteiger partial charge in [0.1, 0.15) is 11.5 Å². The molecule has 12 heavy (non-hydrogen) atoms. The predicted octanol–water partition coefficient (Wildman–Crippen LogP) is 0.409. The molecule has 4 nitrogen and oxygen atoms in total. The fraction of sp³-hybridized carbons (Fsp3) is 0.500. The molecule has 1 aliphatic rings. The summed E-state index contributed by atoms with van der Waals surface area (Å²) < 4.78 is 5.35. The number of fused-ring (bicyclic) bond motifs is 1.